The molecule has 3 heterocycles. The van der Waals surface area contributed by atoms with Crippen molar-refractivity contribution in [3.8, 4) is 0 Å². The predicted molar refractivity (Wildman–Crippen MR) is 96.2 cm³/mol. The first-order chi connectivity index (χ1) is 10.9. The lowest BCUT2D eigenvalue weighted by atomic mass is 9.85. The zero-order valence-corrected chi connectivity index (χ0v) is 15.7. The average molecular weight is 392 g/mol. The third kappa shape index (κ3) is 2.13. The summed E-state index contributed by atoms with van der Waals surface area (Å²) in [6.45, 7) is 6.83. The number of ether oxygens (including phenoxy) is 2. The van der Waals surface area contributed by atoms with E-state index in [-0.39, 0.29) is 5.54 Å². The van der Waals surface area contributed by atoms with Crippen molar-refractivity contribution in [2.24, 2.45) is 4.99 Å². The molecule has 0 saturated carbocycles. The van der Waals surface area contributed by atoms with E-state index in [1.54, 1.807) is 11.3 Å². The molecule has 2 atom stereocenters. The first-order valence-corrected chi connectivity index (χ1v) is 9.29. The van der Waals surface area contributed by atoms with Crippen molar-refractivity contribution in [2.45, 2.75) is 37.5 Å². The zero-order valence-electron chi connectivity index (χ0n) is 13.3. The van der Waals surface area contributed by atoms with Gasteiger partial charge in [-0.1, -0.05) is 40.2 Å². The molecule has 0 aliphatic carbocycles. The van der Waals surface area contributed by atoms with E-state index < -0.39 is 11.2 Å². The number of nitrogens with zero attached hydrogens (tertiary/aromatic N) is 1. The highest BCUT2D eigenvalue weighted by Crippen LogP contribution is 2.63. The van der Waals surface area contributed by atoms with Gasteiger partial charge in [-0.05, 0) is 38.3 Å². The van der Waals surface area contributed by atoms with Crippen molar-refractivity contribution in [3.63, 3.8) is 0 Å². The van der Waals surface area contributed by atoms with E-state index >= 15 is 0 Å². The van der Waals surface area contributed by atoms with Gasteiger partial charge in [0.15, 0.2) is 11.2 Å². The Morgan fingerprint density at radius 3 is 2.52 bits per heavy atom. The molecule has 2 aliphatic rings. The van der Waals surface area contributed by atoms with Crippen LogP contribution in [0.1, 0.15) is 31.2 Å². The SMILES string of the molecule is CC1(C)COC([C@]2(C)O[C@]2(c2cccs2)c2ccccc2Br)=N1. The third-order valence-corrected chi connectivity index (χ3v) is 6.15. The van der Waals surface area contributed by atoms with Crippen LogP contribution in [0.4, 0.5) is 0 Å². The van der Waals surface area contributed by atoms with Crippen molar-refractivity contribution in [1.29, 1.82) is 0 Å². The molecule has 120 valence electrons. The second-order valence-corrected chi connectivity index (χ2v) is 8.59. The minimum atomic E-state index is -0.574. The van der Waals surface area contributed by atoms with E-state index in [1.807, 2.05) is 18.2 Å². The molecule has 0 radical (unpaired) electrons. The van der Waals surface area contributed by atoms with Crippen molar-refractivity contribution in [3.05, 3.63) is 56.7 Å². The van der Waals surface area contributed by atoms with Gasteiger partial charge in [0.25, 0.3) is 0 Å². The van der Waals surface area contributed by atoms with E-state index in [9.17, 15) is 0 Å². The lowest BCUT2D eigenvalue weighted by molar-refractivity contribution is 0.249. The van der Waals surface area contributed by atoms with E-state index in [4.69, 9.17) is 14.5 Å². The maximum absolute atomic E-state index is 6.41. The molecule has 0 amide bonds. The summed E-state index contributed by atoms with van der Waals surface area (Å²) < 4.78 is 13.4. The Bertz CT molecular complexity index is 786. The van der Waals surface area contributed by atoms with Crippen LogP contribution in [-0.2, 0) is 15.1 Å². The van der Waals surface area contributed by atoms with E-state index in [2.05, 4.69) is 60.3 Å². The first kappa shape index (κ1) is 15.4. The number of benzene rings is 1. The normalized spacial score (nSPS) is 31.6. The van der Waals surface area contributed by atoms with Gasteiger partial charge >= 0.3 is 0 Å². The van der Waals surface area contributed by atoms with Crippen LogP contribution in [-0.4, -0.2) is 23.6 Å². The highest BCUT2D eigenvalue weighted by atomic mass is 79.9. The second-order valence-electron chi connectivity index (χ2n) is 6.79. The van der Waals surface area contributed by atoms with Crippen LogP contribution < -0.4 is 0 Å². The fourth-order valence-corrected chi connectivity index (χ4v) is 4.80. The molecule has 0 N–H and O–H groups in total. The summed E-state index contributed by atoms with van der Waals surface area (Å²) in [6, 6.07) is 12.4. The van der Waals surface area contributed by atoms with Gasteiger partial charge < -0.3 is 9.47 Å². The molecule has 1 aromatic carbocycles. The van der Waals surface area contributed by atoms with Crippen LogP contribution in [0, 0.1) is 0 Å². The van der Waals surface area contributed by atoms with Crippen LogP contribution in [0.2, 0.25) is 0 Å². The van der Waals surface area contributed by atoms with Crippen molar-refractivity contribution in [1.82, 2.24) is 0 Å². The standard InChI is InChI=1S/C18H18BrNO2S/c1-16(2)11-21-15(20-16)17(3)18(22-17,14-9-6-10-23-14)12-7-4-5-8-13(12)19/h4-10H,11H2,1-3H3/t17-,18-/m0/s1. The largest absolute Gasteiger partial charge is 0.476 e. The number of halogens is 1. The summed E-state index contributed by atoms with van der Waals surface area (Å²) >= 11 is 5.38. The Balaban J connectivity index is 1.87. The zero-order chi connectivity index (χ0) is 16.3. The Kier molecular flexibility index (Phi) is 3.28. The number of hydrogen-bond donors (Lipinski definition) is 0. The smallest absolute Gasteiger partial charge is 0.220 e. The highest BCUT2D eigenvalue weighted by Gasteiger charge is 2.74. The molecule has 0 unspecified atom stereocenters. The van der Waals surface area contributed by atoms with Gasteiger partial charge in [-0.15, -0.1) is 11.3 Å². The van der Waals surface area contributed by atoms with E-state index in [0.29, 0.717) is 12.5 Å². The van der Waals surface area contributed by atoms with Crippen molar-refractivity contribution in [2.75, 3.05) is 6.61 Å². The van der Waals surface area contributed by atoms with Gasteiger partial charge in [0.2, 0.25) is 5.90 Å². The lowest BCUT2D eigenvalue weighted by Crippen LogP contribution is -2.31. The molecular weight excluding hydrogens is 374 g/mol. The Morgan fingerprint density at radius 2 is 1.91 bits per heavy atom. The van der Waals surface area contributed by atoms with Gasteiger partial charge in [-0.2, -0.15) is 0 Å². The summed E-state index contributed by atoms with van der Waals surface area (Å²) in [4.78, 5) is 5.94. The molecule has 0 bridgehead atoms. The molecule has 5 heteroatoms. The Labute approximate surface area is 148 Å². The van der Waals surface area contributed by atoms with Crippen molar-refractivity contribution >= 4 is 33.2 Å². The fraction of sp³-hybridized carbons (Fsp3) is 0.389. The number of rotatable bonds is 3. The molecule has 2 aromatic rings. The Hall–Kier alpha value is -1.17. The lowest BCUT2D eigenvalue weighted by Gasteiger charge is -2.17. The molecule has 4 rings (SSSR count). The molecule has 1 aromatic heterocycles. The molecule has 2 aliphatic heterocycles. The fourth-order valence-electron chi connectivity index (χ4n) is 3.26. The van der Waals surface area contributed by atoms with Crippen LogP contribution >= 0.6 is 27.3 Å². The minimum absolute atomic E-state index is 0.195. The summed E-state index contributed by atoms with van der Waals surface area (Å²) in [6.07, 6.45) is 0. The second kappa shape index (κ2) is 4.91. The maximum atomic E-state index is 6.41. The number of aliphatic imine (C=N–C) groups is 1. The summed E-state index contributed by atoms with van der Waals surface area (Å²) in [7, 11) is 0. The van der Waals surface area contributed by atoms with Gasteiger partial charge in [-0.25, -0.2) is 4.99 Å². The quantitative estimate of drug-likeness (QED) is 0.707. The van der Waals surface area contributed by atoms with Gasteiger partial charge in [-0.3, -0.25) is 0 Å². The minimum Gasteiger partial charge on any atom is -0.476 e. The van der Waals surface area contributed by atoms with Gasteiger partial charge in [0.1, 0.15) is 6.61 Å². The van der Waals surface area contributed by atoms with Gasteiger partial charge in [0.05, 0.1) is 5.54 Å². The summed E-state index contributed by atoms with van der Waals surface area (Å²) in [5.74, 6) is 0.701. The Morgan fingerprint density at radius 1 is 1.13 bits per heavy atom. The molecule has 3 nitrogen and oxygen atoms in total. The van der Waals surface area contributed by atoms with Crippen LogP contribution in [0.5, 0.6) is 0 Å². The van der Waals surface area contributed by atoms with Crippen LogP contribution in [0.3, 0.4) is 0 Å². The predicted octanol–water partition coefficient (Wildman–Crippen LogP) is 4.75. The topological polar surface area (TPSA) is 34.1 Å². The molecule has 0 spiro atoms. The third-order valence-electron chi connectivity index (χ3n) is 4.48. The molecule has 23 heavy (non-hydrogen) atoms. The monoisotopic (exact) mass is 391 g/mol. The summed E-state index contributed by atoms with van der Waals surface area (Å²) in [5.41, 5.74) is -0.198. The van der Waals surface area contributed by atoms with E-state index in [0.717, 1.165) is 10.0 Å². The number of hydrogen-bond acceptors (Lipinski definition) is 4. The maximum Gasteiger partial charge on any atom is 0.220 e. The van der Waals surface area contributed by atoms with Crippen LogP contribution in [0.25, 0.3) is 0 Å². The van der Waals surface area contributed by atoms with Crippen molar-refractivity contribution < 1.29 is 9.47 Å². The average Bonchev–Trinajstić information content (AvgIpc) is 2.91. The number of thiophene rings is 1. The first-order valence-electron chi connectivity index (χ1n) is 7.61. The molecular formula is C18H18BrNO2S. The van der Waals surface area contributed by atoms with Crippen LogP contribution in [0.15, 0.2) is 51.2 Å². The number of epoxide rings is 1. The highest BCUT2D eigenvalue weighted by molar-refractivity contribution is 9.10. The van der Waals surface area contributed by atoms with Gasteiger partial charge in [0, 0.05) is 14.9 Å². The molecule has 1 saturated heterocycles. The van der Waals surface area contributed by atoms with E-state index in [1.165, 1.54) is 4.88 Å². The molecule has 1 fully saturated rings. The summed E-state index contributed by atoms with van der Waals surface area (Å²) in [5, 5.41) is 2.08.